The zero-order valence-electron chi connectivity index (χ0n) is 7.54. The Balaban J connectivity index is 0. The Morgan fingerprint density at radius 1 is 1.31 bits per heavy atom. The van der Waals surface area contributed by atoms with Gasteiger partial charge in [0.2, 0.25) is 0 Å². The van der Waals surface area contributed by atoms with Gasteiger partial charge in [-0.3, -0.25) is 16.7 Å². The summed E-state index contributed by atoms with van der Waals surface area (Å²) in [5.41, 5.74) is 8.22. The van der Waals surface area contributed by atoms with Crippen molar-refractivity contribution < 1.29 is 5.48 Å². The third-order valence-corrected chi connectivity index (χ3v) is 1.08. The smallest absolute Gasteiger partial charge is 0.122 e. The number of benzene rings is 1. The molecule has 1 rings (SSSR count). The zero-order chi connectivity index (χ0) is 9.40. The lowest BCUT2D eigenvalue weighted by Crippen LogP contribution is -2.13. The summed E-state index contributed by atoms with van der Waals surface area (Å²) < 4.78 is 0. The summed E-state index contributed by atoms with van der Waals surface area (Å²) in [5.74, 6) is 4.72. The molecule has 0 amide bonds. The summed E-state index contributed by atoms with van der Waals surface area (Å²) in [7, 11) is 1.65. The van der Waals surface area contributed by atoms with Gasteiger partial charge in [0.25, 0.3) is 0 Å². The molecule has 0 bridgehead atoms. The lowest BCUT2D eigenvalue weighted by Gasteiger charge is -1.93. The standard InChI is InChI=1S/C7H8N2.CH6N2.H2O/c8-7(9)6-4-2-1-3-5-6;1-3-2;/h1-5H,(H3,8,9);3H,2H2,1H3;1H2. The average Bonchev–Trinajstić information content (AvgIpc) is 2.07. The number of rotatable bonds is 1. The minimum absolute atomic E-state index is 0. The monoisotopic (exact) mass is 184 g/mol. The van der Waals surface area contributed by atoms with Crippen LogP contribution >= 0.6 is 0 Å². The van der Waals surface area contributed by atoms with Gasteiger partial charge >= 0.3 is 0 Å². The Bertz CT molecular complexity index is 225. The lowest BCUT2D eigenvalue weighted by atomic mass is 10.2. The van der Waals surface area contributed by atoms with E-state index in [-0.39, 0.29) is 11.3 Å². The van der Waals surface area contributed by atoms with Crippen molar-refractivity contribution in [3.63, 3.8) is 0 Å². The van der Waals surface area contributed by atoms with Gasteiger partial charge in [-0.15, -0.1) is 0 Å². The van der Waals surface area contributed by atoms with Crippen LogP contribution in [0.2, 0.25) is 0 Å². The Morgan fingerprint density at radius 3 is 1.92 bits per heavy atom. The van der Waals surface area contributed by atoms with Crippen molar-refractivity contribution in [2.24, 2.45) is 11.6 Å². The van der Waals surface area contributed by atoms with Crippen LogP contribution in [0.15, 0.2) is 30.3 Å². The van der Waals surface area contributed by atoms with Crippen molar-refractivity contribution in [3.05, 3.63) is 35.9 Å². The highest BCUT2D eigenvalue weighted by Crippen LogP contribution is 1.94. The highest BCUT2D eigenvalue weighted by Gasteiger charge is 1.89. The molecule has 0 heterocycles. The average molecular weight is 184 g/mol. The van der Waals surface area contributed by atoms with Gasteiger partial charge in [-0.05, 0) is 7.05 Å². The van der Waals surface area contributed by atoms with E-state index < -0.39 is 0 Å². The molecule has 0 saturated carbocycles. The summed E-state index contributed by atoms with van der Waals surface area (Å²) in [5, 5.41) is 7.01. The molecule has 0 radical (unpaired) electrons. The highest BCUT2D eigenvalue weighted by atomic mass is 16.0. The normalized spacial score (nSPS) is 7.54. The molecule has 0 spiro atoms. The van der Waals surface area contributed by atoms with Gasteiger partial charge < -0.3 is 11.2 Å². The van der Waals surface area contributed by atoms with Crippen LogP contribution in [0.3, 0.4) is 0 Å². The van der Waals surface area contributed by atoms with E-state index in [0.29, 0.717) is 0 Å². The Labute approximate surface area is 77.5 Å². The molecule has 5 nitrogen and oxygen atoms in total. The van der Waals surface area contributed by atoms with Crippen molar-refractivity contribution in [2.45, 2.75) is 0 Å². The van der Waals surface area contributed by atoms with Crippen LogP contribution in [0.1, 0.15) is 5.56 Å². The quantitative estimate of drug-likeness (QED) is 0.198. The predicted octanol–water partition coefficient (Wildman–Crippen LogP) is -0.775. The highest BCUT2D eigenvalue weighted by molar-refractivity contribution is 5.94. The number of nitrogens with two attached hydrogens (primary N) is 2. The van der Waals surface area contributed by atoms with Gasteiger partial charge in [0, 0.05) is 5.56 Å². The third kappa shape index (κ3) is 6.95. The first kappa shape index (κ1) is 14.1. The molecule has 1 aromatic rings. The van der Waals surface area contributed by atoms with E-state index in [1.807, 2.05) is 30.3 Å². The molecule has 13 heavy (non-hydrogen) atoms. The van der Waals surface area contributed by atoms with Crippen molar-refractivity contribution >= 4 is 5.84 Å². The molecule has 0 aliphatic rings. The molecule has 1 aromatic carbocycles. The fourth-order valence-electron chi connectivity index (χ4n) is 0.618. The van der Waals surface area contributed by atoms with E-state index in [1.165, 1.54) is 0 Å². The number of amidine groups is 1. The number of nitrogens with one attached hydrogen (secondary N) is 2. The lowest BCUT2D eigenvalue weighted by molar-refractivity contribution is 0.824. The largest absolute Gasteiger partial charge is 0.412 e. The van der Waals surface area contributed by atoms with Gasteiger partial charge in [0.15, 0.2) is 0 Å². The summed E-state index contributed by atoms with van der Waals surface area (Å²) in [6, 6.07) is 9.23. The molecular weight excluding hydrogens is 168 g/mol. The summed E-state index contributed by atoms with van der Waals surface area (Å²) in [4.78, 5) is 0. The second-order valence-electron chi connectivity index (χ2n) is 2.07. The Morgan fingerprint density at radius 2 is 1.69 bits per heavy atom. The SMILES string of the molecule is CNN.N=C(N)c1ccccc1.O. The number of hydrazine groups is 1. The molecule has 0 atom stereocenters. The fourth-order valence-corrected chi connectivity index (χ4v) is 0.618. The third-order valence-electron chi connectivity index (χ3n) is 1.08. The van der Waals surface area contributed by atoms with Gasteiger partial charge in [0.1, 0.15) is 5.84 Å². The fraction of sp³-hybridized carbons (Fsp3) is 0.125. The van der Waals surface area contributed by atoms with E-state index >= 15 is 0 Å². The maximum atomic E-state index is 7.01. The van der Waals surface area contributed by atoms with Crippen molar-refractivity contribution in [1.29, 1.82) is 5.41 Å². The second kappa shape index (κ2) is 8.66. The molecule has 0 aliphatic carbocycles. The van der Waals surface area contributed by atoms with Gasteiger partial charge in [0.05, 0.1) is 0 Å². The van der Waals surface area contributed by atoms with Crippen LogP contribution in [0.4, 0.5) is 0 Å². The summed E-state index contributed by atoms with van der Waals surface area (Å²) >= 11 is 0. The predicted molar refractivity (Wildman–Crippen MR) is 54.3 cm³/mol. The van der Waals surface area contributed by atoms with E-state index in [0.717, 1.165) is 5.56 Å². The number of hydrogen-bond donors (Lipinski definition) is 4. The van der Waals surface area contributed by atoms with Gasteiger partial charge in [-0.2, -0.15) is 0 Å². The van der Waals surface area contributed by atoms with Crippen LogP contribution in [-0.4, -0.2) is 18.4 Å². The molecule has 5 heteroatoms. The molecule has 0 saturated heterocycles. The van der Waals surface area contributed by atoms with Crippen LogP contribution in [-0.2, 0) is 0 Å². The molecular formula is C8H16N4O. The number of nitrogen functional groups attached to an aromatic ring is 1. The van der Waals surface area contributed by atoms with Crippen LogP contribution in [0.25, 0.3) is 0 Å². The first-order chi connectivity index (χ1) is 5.72. The maximum Gasteiger partial charge on any atom is 0.122 e. The van der Waals surface area contributed by atoms with Crippen molar-refractivity contribution in [3.8, 4) is 0 Å². The molecule has 74 valence electrons. The van der Waals surface area contributed by atoms with E-state index in [1.54, 1.807) is 7.05 Å². The summed E-state index contributed by atoms with van der Waals surface area (Å²) in [6.07, 6.45) is 0. The molecule has 0 fully saturated rings. The van der Waals surface area contributed by atoms with E-state index in [2.05, 4.69) is 11.3 Å². The summed E-state index contributed by atoms with van der Waals surface area (Å²) in [6.45, 7) is 0. The zero-order valence-corrected chi connectivity index (χ0v) is 7.54. The van der Waals surface area contributed by atoms with Crippen LogP contribution in [0.5, 0.6) is 0 Å². The Hall–Kier alpha value is -1.43. The van der Waals surface area contributed by atoms with Crippen LogP contribution < -0.4 is 17.0 Å². The van der Waals surface area contributed by atoms with Crippen LogP contribution in [0, 0.1) is 5.41 Å². The molecule has 0 unspecified atom stereocenters. The minimum atomic E-state index is 0. The van der Waals surface area contributed by atoms with Crippen molar-refractivity contribution in [2.75, 3.05) is 7.05 Å². The second-order valence-corrected chi connectivity index (χ2v) is 2.07. The first-order valence-corrected chi connectivity index (χ1v) is 3.49. The van der Waals surface area contributed by atoms with E-state index in [9.17, 15) is 0 Å². The van der Waals surface area contributed by atoms with Gasteiger partial charge in [-0.25, -0.2) is 0 Å². The Kier molecular flexibility index (Phi) is 9.41. The molecule has 0 aliphatic heterocycles. The maximum absolute atomic E-state index is 7.01. The minimum Gasteiger partial charge on any atom is -0.412 e. The number of hydrogen-bond acceptors (Lipinski definition) is 3. The van der Waals surface area contributed by atoms with Gasteiger partial charge in [-0.1, -0.05) is 30.3 Å². The molecule has 8 N–H and O–H groups in total. The van der Waals surface area contributed by atoms with E-state index in [4.69, 9.17) is 11.1 Å². The first-order valence-electron chi connectivity index (χ1n) is 3.49. The van der Waals surface area contributed by atoms with Crippen molar-refractivity contribution in [1.82, 2.24) is 5.43 Å². The molecule has 0 aromatic heterocycles. The topological polar surface area (TPSA) is 119 Å².